The molecule has 2 rings (SSSR count). The fourth-order valence-electron chi connectivity index (χ4n) is 1.92. The van der Waals surface area contributed by atoms with Crippen molar-refractivity contribution in [3.63, 3.8) is 0 Å². The third-order valence-electron chi connectivity index (χ3n) is 3.07. The Balaban J connectivity index is 2.04. The number of carboxylic acid groups (broad SMARTS) is 1. The monoisotopic (exact) mass is 302 g/mol. The van der Waals surface area contributed by atoms with Gasteiger partial charge in [-0.3, -0.25) is 9.59 Å². The van der Waals surface area contributed by atoms with Gasteiger partial charge in [0, 0.05) is 36.5 Å². The largest absolute Gasteiger partial charge is 0.481 e. The lowest BCUT2D eigenvalue weighted by atomic mass is 10.2. The number of anilines is 1. The van der Waals surface area contributed by atoms with Crippen LogP contribution in [0.25, 0.3) is 11.4 Å². The number of H-pyrrole nitrogens is 1. The first-order valence-electron chi connectivity index (χ1n) is 7.11. The highest BCUT2D eigenvalue weighted by atomic mass is 16.4. The summed E-state index contributed by atoms with van der Waals surface area (Å²) in [6.45, 7) is 2.48. The molecule has 0 amide bonds. The maximum absolute atomic E-state index is 11.6. The number of aliphatic carboxylic acids is 1. The highest BCUT2D eigenvalue weighted by Crippen LogP contribution is 2.14. The Labute approximate surface area is 127 Å². The molecular formula is C15H18N4O3. The van der Waals surface area contributed by atoms with Gasteiger partial charge in [0.25, 0.3) is 5.56 Å². The number of hydrogen-bond acceptors (Lipinski definition) is 5. The van der Waals surface area contributed by atoms with Crippen LogP contribution in [-0.4, -0.2) is 32.6 Å². The zero-order valence-electron chi connectivity index (χ0n) is 12.3. The number of aromatic nitrogens is 3. The van der Waals surface area contributed by atoms with E-state index in [4.69, 9.17) is 5.11 Å². The van der Waals surface area contributed by atoms with Crippen LogP contribution >= 0.6 is 0 Å². The summed E-state index contributed by atoms with van der Waals surface area (Å²) in [5.74, 6) is 0.341. The summed E-state index contributed by atoms with van der Waals surface area (Å²) in [5.41, 5.74) is 1.27. The predicted octanol–water partition coefficient (Wildman–Crippen LogP) is 1.67. The molecule has 22 heavy (non-hydrogen) atoms. The van der Waals surface area contributed by atoms with Gasteiger partial charge < -0.3 is 15.4 Å². The Morgan fingerprint density at radius 1 is 1.41 bits per heavy atom. The number of aromatic amines is 1. The van der Waals surface area contributed by atoms with E-state index in [9.17, 15) is 9.59 Å². The molecule has 0 aliphatic rings. The van der Waals surface area contributed by atoms with Crippen LogP contribution in [0.15, 0.2) is 29.2 Å². The van der Waals surface area contributed by atoms with E-state index in [-0.39, 0.29) is 12.0 Å². The molecule has 2 heterocycles. The van der Waals surface area contributed by atoms with Crippen molar-refractivity contribution in [1.82, 2.24) is 15.0 Å². The van der Waals surface area contributed by atoms with Crippen LogP contribution in [0.4, 0.5) is 5.82 Å². The van der Waals surface area contributed by atoms with Crippen LogP contribution in [0.5, 0.6) is 0 Å². The first-order valence-corrected chi connectivity index (χ1v) is 7.11. The zero-order valence-corrected chi connectivity index (χ0v) is 12.3. The lowest BCUT2D eigenvalue weighted by Gasteiger charge is -2.06. The third-order valence-corrected chi connectivity index (χ3v) is 3.07. The quantitative estimate of drug-likeness (QED) is 0.671. The van der Waals surface area contributed by atoms with Crippen LogP contribution in [-0.2, 0) is 11.2 Å². The SMILES string of the molecule is CCc1cc(=O)[nH]c(-c2ccc(NCCCC(=O)O)nc2)n1. The molecule has 2 aromatic rings. The molecule has 7 nitrogen and oxygen atoms in total. The highest BCUT2D eigenvalue weighted by molar-refractivity contribution is 5.66. The van der Waals surface area contributed by atoms with Crippen LogP contribution in [0.2, 0.25) is 0 Å². The Morgan fingerprint density at radius 3 is 2.86 bits per heavy atom. The summed E-state index contributed by atoms with van der Waals surface area (Å²) < 4.78 is 0. The predicted molar refractivity (Wildman–Crippen MR) is 82.8 cm³/mol. The summed E-state index contributed by atoms with van der Waals surface area (Å²) in [7, 11) is 0. The van der Waals surface area contributed by atoms with Gasteiger partial charge in [-0.25, -0.2) is 9.97 Å². The minimum Gasteiger partial charge on any atom is -0.481 e. The molecule has 7 heteroatoms. The van der Waals surface area contributed by atoms with Crippen molar-refractivity contribution in [3.05, 3.63) is 40.4 Å². The number of nitrogens with zero attached hydrogens (tertiary/aromatic N) is 2. The van der Waals surface area contributed by atoms with E-state index < -0.39 is 5.97 Å². The molecule has 0 fully saturated rings. The molecule has 0 radical (unpaired) electrons. The van der Waals surface area contributed by atoms with E-state index in [1.54, 1.807) is 12.3 Å². The molecule has 0 saturated heterocycles. The molecule has 116 valence electrons. The molecule has 3 N–H and O–H groups in total. The van der Waals surface area contributed by atoms with E-state index in [1.807, 2.05) is 13.0 Å². The van der Waals surface area contributed by atoms with Crippen molar-refractivity contribution in [1.29, 1.82) is 0 Å². The third kappa shape index (κ3) is 4.41. The van der Waals surface area contributed by atoms with Crippen molar-refractivity contribution in [3.8, 4) is 11.4 Å². The minimum atomic E-state index is -0.809. The molecule has 0 aromatic carbocycles. The fourth-order valence-corrected chi connectivity index (χ4v) is 1.92. The molecule has 0 spiro atoms. The Bertz CT molecular complexity index is 695. The summed E-state index contributed by atoms with van der Waals surface area (Å²) in [6, 6.07) is 5.06. The minimum absolute atomic E-state index is 0.125. The van der Waals surface area contributed by atoms with E-state index >= 15 is 0 Å². The smallest absolute Gasteiger partial charge is 0.303 e. The number of hydrogen-bond donors (Lipinski definition) is 3. The van der Waals surface area contributed by atoms with Gasteiger partial charge in [-0.15, -0.1) is 0 Å². The van der Waals surface area contributed by atoms with Gasteiger partial charge in [-0.1, -0.05) is 6.92 Å². The lowest BCUT2D eigenvalue weighted by Crippen LogP contribution is -2.10. The van der Waals surface area contributed by atoms with Crippen LogP contribution in [0.1, 0.15) is 25.5 Å². The van der Waals surface area contributed by atoms with E-state index in [0.29, 0.717) is 31.0 Å². The fraction of sp³-hybridized carbons (Fsp3) is 0.333. The maximum atomic E-state index is 11.6. The molecule has 0 aliphatic heterocycles. The second kappa shape index (κ2) is 7.35. The van der Waals surface area contributed by atoms with Crippen molar-refractivity contribution in [2.75, 3.05) is 11.9 Å². The first-order chi connectivity index (χ1) is 10.6. The highest BCUT2D eigenvalue weighted by Gasteiger charge is 2.04. The maximum Gasteiger partial charge on any atom is 0.303 e. The molecule has 0 unspecified atom stereocenters. The number of aryl methyl sites for hydroxylation is 1. The zero-order chi connectivity index (χ0) is 15.9. The average molecular weight is 302 g/mol. The van der Waals surface area contributed by atoms with Gasteiger partial charge in [0.05, 0.1) is 0 Å². The van der Waals surface area contributed by atoms with Crippen LogP contribution < -0.4 is 10.9 Å². The molecule has 0 aliphatic carbocycles. The molecular weight excluding hydrogens is 284 g/mol. The number of pyridine rings is 1. The van der Waals surface area contributed by atoms with Gasteiger partial charge in [0.1, 0.15) is 11.6 Å². The Morgan fingerprint density at radius 2 is 2.23 bits per heavy atom. The normalized spacial score (nSPS) is 10.4. The topological polar surface area (TPSA) is 108 Å². The van der Waals surface area contributed by atoms with Crippen molar-refractivity contribution in [2.24, 2.45) is 0 Å². The molecule has 2 aromatic heterocycles. The standard InChI is InChI=1S/C15H18N4O3/c1-2-11-8-13(20)19-15(18-11)10-5-6-12(17-9-10)16-7-3-4-14(21)22/h5-6,8-9H,2-4,7H2,1H3,(H,16,17)(H,21,22)(H,18,19,20). The summed E-state index contributed by atoms with van der Waals surface area (Å²) >= 11 is 0. The summed E-state index contributed by atoms with van der Waals surface area (Å²) in [5, 5.41) is 11.6. The van der Waals surface area contributed by atoms with E-state index in [2.05, 4.69) is 20.3 Å². The van der Waals surface area contributed by atoms with E-state index in [1.165, 1.54) is 6.07 Å². The lowest BCUT2D eigenvalue weighted by molar-refractivity contribution is -0.137. The van der Waals surface area contributed by atoms with Gasteiger partial charge in [0.15, 0.2) is 0 Å². The first kappa shape index (κ1) is 15.7. The second-order valence-electron chi connectivity index (χ2n) is 4.80. The summed E-state index contributed by atoms with van der Waals surface area (Å²) in [6.07, 6.45) is 2.97. The number of rotatable bonds is 7. The van der Waals surface area contributed by atoms with Crippen LogP contribution in [0, 0.1) is 0 Å². The van der Waals surface area contributed by atoms with Crippen molar-refractivity contribution < 1.29 is 9.90 Å². The van der Waals surface area contributed by atoms with Crippen molar-refractivity contribution >= 4 is 11.8 Å². The average Bonchev–Trinajstić information content (AvgIpc) is 2.51. The Hall–Kier alpha value is -2.70. The summed E-state index contributed by atoms with van der Waals surface area (Å²) in [4.78, 5) is 33.3. The van der Waals surface area contributed by atoms with Gasteiger partial charge in [0.2, 0.25) is 0 Å². The number of carboxylic acids is 1. The molecule has 0 bridgehead atoms. The second-order valence-corrected chi connectivity index (χ2v) is 4.80. The van der Waals surface area contributed by atoms with Crippen molar-refractivity contribution in [2.45, 2.75) is 26.2 Å². The van der Waals surface area contributed by atoms with Gasteiger partial charge >= 0.3 is 5.97 Å². The number of carbonyl (C=O) groups is 1. The van der Waals surface area contributed by atoms with Gasteiger partial charge in [-0.05, 0) is 25.0 Å². The van der Waals surface area contributed by atoms with Gasteiger partial charge in [-0.2, -0.15) is 0 Å². The molecule has 0 saturated carbocycles. The molecule has 0 atom stereocenters. The number of nitrogens with one attached hydrogen (secondary N) is 2. The van der Waals surface area contributed by atoms with Crippen LogP contribution in [0.3, 0.4) is 0 Å². The Kier molecular flexibility index (Phi) is 5.24. The van der Waals surface area contributed by atoms with E-state index in [0.717, 1.165) is 11.3 Å².